The highest BCUT2D eigenvalue weighted by Gasteiger charge is 2.23. The van der Waals surface area contributed by atoms with Crippen molar-refractivity contribution < 1.29 is 4.74 Å². The van der Waals surface area contributed by atoms with Crippen LogP contribution in [0.5, 0.6) is 0 Å². The third kappa shape index (κ3) is 3.25. The Morgan fingerprint density at radius 1 is 1.54 bits per heavy atom. The van der Waals surface area contributed by atoms with Crippen LogP contribution in [0.2, 0.25) is 0 Å². The molecule has 0 radical (unpaired) electrons. The maximum absolute atomic E-state index is 5.95. The SMILES string of the molecule is CCCN1CCOC(C(N)CC)C1. The molecular weight excluding hydrogens is 164 g/mol. The Kier molecular flexibility index (Phi) is 4.70. The van der Waals surface area contributed by atoms with Gasteiger partial charge >= 0.3 is 0 Å². The molecule has 2 atom stereocenters. The third-order valence-corrected chi connectivity index (χ3v) is 2.67. The molecule has 1 rings (SSSR count). The van der Waals surface area contributed by atoms with Crippen molar-refractivity contribution in [2.75, 3.05) is 26.2 Å². The summed E-state index contributed by atoms with van der Waals surface area (Å²) in [6.07, 6.45) is 2.48. The first-order chi connectivity index (χ1) is 6.27. The topological polar surface area (TPSA) is 38.5 Å². The Hall–Kier alpha value is -0.120. The quantitative estimate of drug-likeness (QED) is 0.707. The van der Waals surface area contributed by atoms with Gasteiger partial charge in [0.05, 0.1) is 12.7 Å². The van der Waals surface area contributed by atoms with Crippen molar-refractivity contribution in [3.05, 3.63) is 0 Å². The van der Waals surface area contributed by atoms with Crippen molar-refractivity contribution in [3.63, 3.8) is 0 Å². The Morgan fingerprint density at radius 3 is 2.92 bits per heavy atom. The molecule has 2 unspecified atom stereocenters. The summed E-state index contributed by atoms with van der Waals surface area (Å²) >= 11 is 0. The van der Waals surface area contributed by atoms with E-state index >= 15 is 0 Å². The zero-order valence-corrected chi connectivity index (χ0v) is 8.83. The molecule has 0 aromatic carbocycles. The highest BCUT2D eigenvalue weighted by Crippen LogP contribution is 2.09. The lowest BCUT2D eigenvalue weighted by Crippen LogP contribution is -2.50. The molecule has 13 heavy (non-hydrogen) atoms. The van der Waals surface area contributed by atoms with Gasteiger partial charge in [-0.05, 0) is 19.4 Å². The zero-order chi connectivity index (χ0) is 9.68. The molecular formula is C10H22N2O. The van der Waals surface area contributed by atoms with Gasteiger partial charge in [-0.3, -0.25) is 4.90 Å². The maximum atomic E-state index is 5.95. The first-order valence-corrected chi connectivity index (χ1v) is 5.37. The summed E-state index contributed by atoms with van der Waals surface area (Å²) in [5.74, 6) is 0. The second-order valence-corrected chi connectivity index (χ2v) is 3.78. The minimum atomic E-state index is 0.208. The standard InChI is InChI=1S/C10H22N2O/c1-3-5-12-6-7-13-10(8-12)9(11)4-2/h9-10H,3-8,11H2,1-2H3. The van der Waals surface area contributed by atoms with E-state index in [0.717, 1.165) is 26.1 Å². The van der Waals surface area contributed by atoms with Crippen LogP contribution in [-0.4, -0.2) is 43.3 Å². The van der Waals surface area contributed by atoms with Crippen molar-refractivity contribution >= 4 is 0 Å². The van der Waals surface area contributed by atoms with Crippen LogP contribution >= 0.6 is 0 Å². The lowest BCUT2D eigenvalue weighted by molar-refractivity contribution is -0.0406. The summed E-state index contributed by atoms with van der Waals surface area (Å²) in [4.78, 5) is 2.45. The number of rotatable bonds is 4. The number of nitrogens with two attached hydrogens (primary N) is 1. The molecule has 1 aliphatic heterocycles. The van der Waals surface area contributed by atoms with Gasteiger partial charge in [-0.25, -0.2) is 0 Å². The number of hydrogen-bond donors (Lipinski definition) is 1. The van der Waals surface area contributed by atoms with Gasteiger partial charge in [-0.2, -0.15) is 0 Å². The van der Waals surface area contributed by atoms with E-state index in [4.69, 9.17) is 10.5 Å². The molecule has 0 aliphatic carbocycles. The Labute approximate surface area is 81.2 Å². The lowest BCUT2D eigenvalue weighted by Gasteiger charge is -2.35. The van der Waals surface area contributed by atoms with Crippen molar-refractivity contribution in [3.8, 4) is 0 Å². The van der Waals surface area contributed by atoms with Crippen molar-refractivity contribution in [2.45, 2.75) is 38.8 Å². The minimum Gasteiger partial charge on any atom is -0.374 e. The highest BCUT2D eigenvalue weighted by molar-refractivity contribution is 4.79. The molecule has 78 valence electrons. The lowest BCUT2D eigenvalue weighted by atomic mass is 10.1. The Morgan fingerprint density at radius 2 is 2.31 bits per heavy atom. The molecule has 0 aromatic heterocycles. The summed E-state index contributed by atoms with van der Waals surface area (Å²) < 4.78 is 5.64. The van der Waals surface area contributed by atoms with E-state index in [-0.39, 0.29) is 12.1 Å². The van der Waals surface area contributed by atoms with E-state index in [1.165, 1.54) is 13.0 Å². The van der Waals surface area contributed by atoms with Crippen molar-refractivity contribution in [2.24, 2.45) is 5.73 Å². The highest BCUT2D eigenvalue weighted by atomic mass is 16.5. The monoisotopic (exact) mass is 186 g/mol. The fourth-order valence-electron chi connectivity index (χ4n) is 1.77. The molecule has 0 bridgehead atoms. The van der Waals surface area contributed by atoms with Gasteiger partial charge in [0.2, 0.25) is 0 Å². The first kappa shape index (κ1) is 11.0. The van der Waals surface area contributed by atoms with Crippen LogP contribution in [-0.2, 0) is 4.74 Å². The van der Waals surface area contributed by atoms with E-state index in [2.05, 4.69) is 18.7 Å². The molecule has 2 N–H and O–H groups in total. The smallest absolute Gasteiger partial charge is 0.0853 e. The molecule has 1 aliphatic rings. The molecule has 3 heteroatoms. The summed E-state index contributed by atoms with van der Waals surface area (Å²) in [6, 6.07) is 0.208. The number of hydrogen-bond acceptors (Lipinski definition) is 3. The summed E-state index contributed by atoms with van der Waals surface area (Å²) in [6.45, 7) is 8.44. The van der Waals surface area contributed by atoms with Crippen LogP contribution in [0.4, 0.5) is 0 Å². The fourth-order valence-corrected chi connectivity index (χ4v) is 1.77. The molecule has 0 aromatic rings. The van der Waals surface area contributed by atoms with Gasteiger partial charge in [-0.15, -0.1) is 0 Å². The number of nitrogens with zero attached hydrogens (tertiary/aromatic N) is 1. The van der Waals surface area contributed by atoms with E-state index < -0.39 is 0 Å². The van der Waals surface area contributed by atoms with Gasteiger partial charge in [0.1, 0.15) is 0 Å². The van der Waals surface area contributed by atoms with Gasteiger partial charge in [-0.1, -0.05) is 13.8 Å². The van der Waals surface area contributed by atoms with Gasteiger partial charge in [0.15, 0.2) is 0 Å². The normalized spacial score (nSPS) is 27.5. The molecule has 1 saturated heterocycles. The predicted octanol–water partition coefficient (Wildman–Crippen LogP) is 0.834. The van der Waals surface area contributed by atoms with Gasteiger partial charge < -0.3 is 10.5 Å². The minimum absolute atomic E-state index is 0.208. The molecule has 3 nitrogen and oxygen atoms in total. The van der Waals surface area contributed by atoms with E-state index in [9.17, 15) is 0 Å². The van der Waals surface area contributed by atoms with Crippen molar-refractivity contribution in [1.29, 1.82) is 0 Å². The van der Waals surface area contributed by atoms with Crippen LogP contribution in [0.1, 0.15) is 26.7 Å². The second kappa shape index (κ2) is 5.58. The Balaban J connectivity index is 2.32. The summed E-state index contributed by atoms with van der Waals surface area (Å²) in [5, 5.41) is 0. The maximum Gasteiger partial charge on any atom is 0.0853 e. The van der Waals surface area contributed by atoms with E-state index in [1.54, 1.807) is 0 Å². The number of morpholine rings is 1. The van der Waals surface area contributed by atoms with Gasteiger partial charge in [0.25, 0.3) is 0 Å². The Bertz CT molecular complexity index is 139. The van der Waals surface area contributed by atoms with E-state index in [0.29, 0.717) is 0 Å². The predicted molar refractivity (Wildman–Crippen MR) is 54.7 cm³/mol. The fraction of sp³-hybridized carbons (Fsp3) is 1.00. The molecule has 1 fully saturated rings. The largest absolute Gasteiger partial charge is 0.374 e. The third-order valence-electron chi connectivity index (χ3n) is 2.67. The van der Waals surface area contributed by atoms with Crippen LogP contribution in [0.25, 0.3) is 0 Å². The second-order valence-electron chi connectivity index (χ2n) is 3.78. The first-order valence-electron chi connectivity index (χ1n) is 5.37. The number of ether oxygens (including phenoxy) is 1. The van der Waals surface area contributed by atoms with Gasteiger partial charge in [0, 0.05) is 19.1 Å². The molecule has 0 amide bonds. The summed E-state index contributed by atoms with van der Waals surface area (Å²) in [7, 11) is 0. The van der Waals surface area contributed by atoms with Crippen molar-refractivity contribution in [1.82, 2.24) is 4.90 Å². The average Bonchev–Trinajstić information content (AvgIpc) is 2.18. The van der Waals surface area contributed by atoms with Crippen LogP contribution < -0.4 is 5.73 Å². The van der Waals surface area contributed by atoms with E-state index in [1.807, 2.05) is 0 Å². The van der Waals surface area contributed by atoms with Crippen LogP contribution in [0.3, 0.4) is 0 Å². The molecule has 1 heterocycles. The zero-order valence-electron chi connectivity index (χ0n) is 8.83. The average molecular weight is 186 g/mol. The molecule has 0 spiro atoms. The summed E-state index contributed by atoms with van der Waals surface area (Å²) in [5.41, 5.74) is 5.95. The van der Waals surface area contributed by atoms with Crippen LogP contribution in [0.15, 0.2) is 0 Å². The molecule has 0 saturated carbocycles. The van der Waals surface area contributed by atoms with Crippen LogP contribution in [0, 0.1) is 0 Å².